The Morgan fingerprint density at radius 3 is 2.25 bits per heavy atom. The highest BCUT2D eigenvalue weighted by Gasteiger charge is 2.49. The minimum absolute atomic E-state index is 0.213. The molecule has 2 heterocycles. The van der Waals surface area contributed by atoms with Crippen LogP contribution < -0.4 is 10.6 Å². The first-order valence-corrected chi connectivity index (χ1v) is 10.8. The third kappa shape index (κ3) is 4.45. The first-order chi connectivity index (χ1) is 15.6. The zero-order valence-corrected chi connectivity index (χ0v) is 18.4. The number of imide groups is 1. The highest BCUT2D eigenvalue weighted by atomic mass is 16.5. The van der Waals surface area contributed by atoms with Crippen LogP contribution in [0, 0.1) is 0 Å². The molecule has 4 rings (SSSR count). The molecule has 3 amide bonds. The summed E-state index contributed by atoms with van der Waals surface area (Å²) in [5, 5.41) is 5.70. The Morgan fingerprint density at radius 2 is 1.66 bits per heavy atom. The molecule has 2 atom stereocenters. The van der Waals surface area contributed by atoms with E-state index in [1.807, 2.05) is 17.0 Å². The number of likely N-dealkylation sites (N-methyl/N-ethyl adjacent to an activating group) is 1. The van der Waals surface area contributed by atoms with Crippen molar-refractivity contribution in [2.45, 2.75) is 24.5 Å². The van der Waals surface area contributed by atoms with Crippen LogP contribution in [0.2, 0.25) is 0 Å². The molecule has 0 saturated carbocycles. The predicted octanol–water partition coefficient (Wildman–Crippen LogP) is 1.99. The Balaban J connectivity index is 1.55. The van der Waals surface area contributed by atoms with Crippen molar-refractivity contribution >= 4 is 17.9 Å². The highest BCUT2D eigenvalue weighted by molar-refractivity contribution is 6.04. The first kappa shape index (κ1) is 21.8. The van der Waals surface area contributed by atoms with Gasteiger partial charge in [0.05, 0.1) is 6.61 Å². The van der Waals surface area contributed by atoms with Crippen LogP contribution in [0.1, 0.15) is 23.5 Å². The van der Waals surface area contributed by atoms with Crippen molar-refractivity contribution in [3.05, 3.63) is 71.8 Å². The lowest BCUT2D eigenvalue weighted by atomic mass is 9.89. The SMILES string of the molecule is COCCN1C(=NCCC(c2ccccc2)c2ccccc2)NC2C1C(=O)NC(=O)N2C. The molecular formula is C24H29N5O3. The molecule has 2 aromatic rings. The Bertz CT molecular complexity index is 927. The molecule has 2 fully saturated rings. The summed E-state index contributed by atoms with van der Waals surface area (Å²) in [7, 11) is 3.30. The van der Waals surface area contributed by atoms with E-state index in [1.165, 1.54) is 16.0 Å². The van der Waals surface area contributed by atoms with E-state index in [1.54, 1.807) is 14.2 Å². The number of aliphatic imine (C=N–C) groups is 1. The molecule has 0 bridgehead atoms. The molecule has 2 saturated heterocycles. The van der Waals surface area contributed by atoms with E-state index >= 15 is 0 Å². The predicted molar refractivity (Wildman–Crippen MR) is 122 cm³/mol. The summed E-state index contributed by atoms with van der Waals surface area (Å²) in [6.45, 7) is 1.52. The average Bonchev–Trinajstić information content (AvgIpc) is 3.19. The molecule has 2 N–H and O–H groups in total. The van der Waals surface area contributed by atoms with E-state index in [4.69, 9.17) is 9.73 Å². The zero-order chi connectivity index (χ0) is 22.5. The molecule has 32 heavy (non-hydrogen) atoms. The van der Waals surface area contributed by atoms with Crippen molar-refractivity contribution in [3.8, 4) is 0 Å². The van der Waals surface area contributed by atoms with Gasteiger partial charge in [0.25, 0.3) is 5.91 Å². The number of carbonyl (C=O) groups is 2. The molecule has 2 aliphatic heterocycles. The van der Waals surface area contributed by atoms with Crippen molar-refractivity contribution < 1.29 is 14.3 Å². The van der Waals surface area contributed by atoms with Crippen LogP contribution >= 0.6 is 0 Å². The lowest BCUT2D eigenvalue weighted by molar-refractivity contribution is -0.127. The minimum atomic E-state index is -0.536. The van der Waals surface area contributed by atoms with Crippen LogP contribution in [0.5, 0.6) is 0 Å². The van der Waals surface area contributed by atoms with Crippen molar-refractivity contribution in [2.24, 2.45) is 4.99 Å². The second-order valence-corrected chi connectivity index (χ2v) is 7.99. The number of carbonyl (C=O) groups excluding carboxylic acids is 2. The van der Waals surface area contributed by atoms with Crippen molar-refractivity contribution in [2.75, 3.05) is 33.9 Å². The lowest BCUT2D eigenvalue weighted by Gasteiger charge is -2.35. The summed E-state index contributed by atoms with van der Waals surface area (Å²) in [6.07, 6.45) is 0.360. The van der Waals surface area contributed by atoms with Gasteiger partial charge in [-0.25, -0.2) is 4.79 Å². The molecule has 0 radical (unpaired) electrons. The second-order valence-electron chi connectivity index (χ2n) is 7.99. The molecule has 8 heteroatoms. The maximum atomic E-state index is 12.6. The standard InChI is InChI=1S/C24H29N5O3/c1-28-21-20(22(30)27-24(28)31)29(15-16-32-2)23(26-21)25-14-13-19(17-9-5-3-6-10-17)18-11-7-4-8-12-18/h3-12,19-21H,13-16H2,1-2H3,(H,25,26)(H,27,30,31). The van der Waals surface area contributed by atoms with E-state index in [9.17, 15) is 9.59 Å². The smallest absolute Gasteiger partial charge is 0.325 e. The fourth-order valence-corrected chi connectivity index (χ4v) is 4.35. The number of hydrogen-bond acceptors (Lipinski definition) is 4. The van der Waals surface area contributed by atoms with Gasteiger partial charge in [0.15, 0.2) is 12.0 Å². The van der Waals surface area contributed by atoms with Gasteiger partial charge < -0.3 is 19.9 Å². The average molecular weight is 436 g/mol. The van der Waals surface area contributed by atoms with Gasteiger partial charge in [-0.3, -0.25) is 15.1 Å². The van der Waals surface area contributed by atoms with E-state index in [2.05, 4.69) is 59.2 Å². The molecule has 8 nitrogen and oxygen atoms in total. The van der Waals surface area contributed by atoms with Crippen molar-refractivity contribution in [1.82, 2.24) is 20.4 Å². The molecule has 0 aromatic heterocycles. The summed E-state index contributed by atoms with van der Waals surface area (Å²) >= 11 is 0. The minimum Gasteiger partial charge on any atom is -0.383 e. The summed E-state index contributed by atoms with van der Waals surface area (Å²) in [4.78, 5) is 32.9. The molecule has 0 spiro atoms. The van der Waals surface area contributed by atoms with Gasteiger partial charge in [0.2, 0.25) is 0 Å². The van der Waals surface area contributed by atoms with Crippen molar-refractivity contribution in [1.29, 1.82) is 0 Å². The Labute approximate surface area is 188 Å². The number of hydrogen-bond donors (Lipinski definition) is 2. The lowest BCUT2D eigenvalue weighted by Crippen LogP contribution is -2.65. The van der Waals surface area contributed by atoms with Crippen LogP contribution in [-0.4, -0.2) is 73.8 Å². The van der Waals surface area contributed by atoms with Crippen LogP contribution in [0.3, 0.4) is 0 Å². The Kier molecular flexibility index (Phi) is 6.70. The van der Waals surface area contributed by atoms with Gasteiger partial charge in [0.1, 0.15) is 6.17 Å². The van der Waals surface area contributed by atoms with E-state index < -0.39 is 18.2 Å². The maximum Gasteiger partial charge on any atom is 0.325 e. The monoisotopic (exact) mass is 435 g/mol. The highest BCUT2D eigenvalue weighted by Crippen LogP contribution is 2.28. The molecule has 0 aliphatic carbocycles. The zero-order valence-electron chi connectivity index (χ0n) is 18.4. The number of rotatable bonds is 8. The number of nitrogens with zero attached hydrogens (tertiary/aromatic N) is 3. The van der Waals surface area contributed by atoms with E-state index in [0.29, 0.717) is 25.7 Å². The van der Waals surface area contributed by atoms with E-state index in [-0.39, 0.29) is 11.8 Å². The molecule has 2 unspecified atom stereocenters. The number of guanidine groups is 1. The number of benzene rings is 2. The van der Waals surface area contributed by atoms with Crippen molar-refractivity contribution in [3.63, 3.8) is 0 Å². The quantitative estimate of drug-likeness (QED) is 0.662. The summed E-state index contributed by atoms with van der Waals surface area (Å²) in [5.74, 6) is 0.511. The normalized spacial score (nSPS) is 21.7. The van der Waals surface area contributed by atoms with Gasteiger partial charge in [0, 0.05) is 33.2 Å². The van der Waals surface area contributed by atoms with Gasteiger partial charge in [-0.2, -0.15) is 0 Å². The second kappa shape index (κ2) is 9.82. The fourth-order valence-electron chi connectivity index (χ4n) is 4.35. The first-order valence-electron chi connectivity index (χ1n) is 10.8. The largest absolute Gasteiger partial charge is 0.383 e. The van der Waals surface area contributed by atoms with Gasteiger partial charge in [-0.15, -0.1) is 0 Å². The topological polar surface area (TPSA) is 86.3 Å². The van der Waals surface area contributed by atoms with Crippen LogP contribution in [0.25, 0.3) is 0 Å². The maximum absolute atomic E-state index is 12.6. The van der Waals surface area contributed by atoms with Gasteiger partial charge in [-0.1, -0.05) is 60.7 Å². The number of amides is 3. The van der Waals surface area contributed by atoms with Gasteiger partial charge >= 0.3 is 6.03 Å². The molecule has 168 valence electrons. The van der Waals surface area contributed by atoms with Gasteiger partial charge in [-0.05, 0) is 17.5 Å². The van der Waals surface area contributed by atoms with Crippen LogP contribution in [0.4, 0.5) is 4.79 Å². The summed E-state index contributed by atoms with van der Waals surface area (Å²) in [5.41, 5.74) is 2.49. The Morgan fingerprint density at radius 1 is 1.03 bits per heavy atom. The Hall–Kier alpha value is -3.39. The number of methoxy groups -OCH3 is 1. The third-order valence-electron chi connectivity index (χ3n) is 6.04. The van der Waals surface area contributed by atoms with Crippen LogP contribution in [-0.2, 0) is 9.53 Å². The number of urea groups is 1. The molecule has 2 aromatic carbocycles. The number of ether oxygens (including phenoxy) is 1. The number of nitrogens with one attached hydrogen (secondary N) is 2. The third-order valence-corrected chi connectivity index (χ3v) is 6.04. The summed E-state index contributed by atoms with van der Waals surface area (Å²) < 4.78 is 5.24. The fraction of sp³-hybridized carbons (Fsp3) is 0.375. The molecular weight excluding hydrogens is 406 g/mol. The molecule has 2 aliphatic rings. The summed E-state index contributed by atoms with van der Waals surface area (Å²) in [6, 6.07) is 19.9. The van der Waals surface area contributed by atoms with E-state index in [0.717, 1.165) is 6.42 Å². The number of fused-ring (bicyclic) bond motifs is 1. The van der Waals surface area contributed by atoms with Crippen LogP contribution in [0.15, 0.2) is 65.7 Å².